The fourth-order valence-electron chi connectivity index (χ4n) is 1.82. The summed E-state index contributed by atoms with van der Waals surface area (Å²) in [7, 11) is 1.36. The van der Waals surface area contributed by atoms with E-state index in [0.717, 1.165) is 12.8 Å². The predicted molar refractivity (Wildman–Crippen MR) is 68.8 cm³/mol. The average molecular weight is 273 g/mol. The van der Waals surface area contributed by atoms with Crippen LogP contribution in [-0.4, -0.2) is 43.5 Å². The SMILES string of the molecule is COC(=O)C[C@@H]1CC[C@@H](NC(=O)OC(C)(C)C)CO1. The summed E-state index contributed by atoms with van der Waals surface area (Å²) >= 11 is 0. The summed E-state index contributed by atoms with van der Waals surface area (Å²) in [6.45, 7) is 5.84. The molecular weight excluding hydrogens is 250 g/mol. The van der Waals surface area contributed by atoms with Crippen molar-refractivity contribution in [3.8, 4) is 0 Å². The highest BCUT2D eigenvalue weighted by Crippen LogP contribution is 2.17. The fraction of sp³-hybridized carbons (Fsp3) is 0.846. The highest BCUT2D eigenvalue weighted by molar-refractivity contribution is 5.70. The molecule has 1 aliphatic rings. The van der Waals surface area contributed by atoms with Crippen LogP contribution in [0, 0.1) is 0 Å². The van der Waals surface area contributed by atoms with Crippen LogP contribution in [0.25, 0.3) is 0 Å². The molecule has 0 radical (unpaired) electrons. The molecule has 0 bridgehead atoms. The first-order chi connectivity index (χ1) is 8.80. The van der Waals surface area contributed by atoms with Crippen LogP contribution in [0.2, 0.25) is 0 Å². The summed E-state index contributed by atoms with van der Waals surface area (Å²) in [6.07, 6.45) is 1.18. The number of nitrogens with one attached hydrogen (secondary N) is 1. The van der Waals surface area contributed by atoms with Crippen molar-refractivity contribution in [3.05, 3.63) is 0 Å². The van der Waals surface area contributed by atoms with E-state index < -0.39 is 11.7 Å². The lowest BCUT2D eigenvalue weighted by Gasteiger charge is -2.30. The second kappa shape index (κ2) is 6.75. The Balaban J connectivity index is 2.26. The van der Waals surface area contributed by atoms with E-state index in [1.165, 1.54) is 7.11 Å². The minimum Gasteiger partial charge on any atom is -0.469 e. The molecule has 2 atom stereocenters. The normalized spacial score (nSPS) is 23.6. The van der Waals surface area contributed by atoms with E-state index in [9.17, 15) is 9.59 Å². The highest BCUT2D eigenvalue weighted by Gasteiger charge is 2.26. The Morgan fingerprint density at radius 1 is 1.32 bits per heavy atom. The van der Waals surface area contributed by atoms with Gasteiger partial charge in [-0.1, -0.05) is 0 Å². The van der Waals surface area contributed by atoms with Crippen molar-refractivity contribution in [1.82, 2.24) is 5.32 Å². The van der Waals surface area contributed by atoms with Crippen LogP contribution < -0.4 is 5.32 Å². The molecule has 0 saturated carbocycles. The van der Waals surface area contributed by atoms with Crippen LogP contribution in [0.3, 0.4) is 0 Å². The van der Waals surface area contributed by atoms with Gasteiger partial charge in [0.25, 0.3) is 0 Å². The van der Waals surface area contributed by atoms with E-state index in [2.05, 4.69) is 10.1 Å². The zero-order chi connectivity index (χ0) is 14.5. The lowest BCUT2D eigenvalue weighted by Crippen LogP contribution is -2.45. The Morgan fingerprint density at radius 2 is 2.00 bits per heavy atom. The van der Waals surface area contributed by atoms with Gasteiger partial charge in [0.2, 0.25) is 0 Å². The first-order valence-electron chi connectivity index (χ1n) is 6.48. The van der Waals surface area contributed by atoms with Gasteiger partial charge in [-0.3, -0.25) is 4.79 Å². The van der Waals surface area contributed by atoms with Crippen molar-refractivity contribution in [2.45, 2.75) is 57.8 Å². The number of rotatable bonds is 3. The Bertz CT molecular complexity index is 315. The number of carbonyl (C=O) groups excluding carboxylic acids is 2. The van der Waals surface area contributed by atoms with E-state index in [1.807, 2.05) is 20.8 Å². The molecule has 0 aromatic heterocycles. The third kappa shape index (κ3) is 6.42. The molecule has 1 rings (SSSR count). The third-order valence-electron chi connectivity index (χ3n) is 2.71. The molecule has 6 heteroatoms. The molecule has 0 aromatic rings. The Morgan fingerprint density at radius 3 is 2.47 bits per heavy atom. The molecule has 1 fully saturated rings. The maximum Gasteiger partial charge on any atom is 0.407 e. The highest BCUT2D eigenvalue weighted by atomic mass is 16.6. The third-order valence-corrected chi connectivity index (χ3v) is 2.71. The fourth-order valence-corrected chi connectivity index (χ4v) is 1.82. The maximum atomic E-state index is 11.6. The molecule has 6 nitrogen and oxygen atoms in total. The molecule has 0 aliphatic carbocycles. The molecule has 1 heterocycles. The van der Waals surface area contributed by atoms with Crippen LogP contribution in [-0.2, 0) is 19.0 Å². The molecule has 1 saturated heterocycles. The Labute approximate surface area is 113 Å². The molecule has 1 amide bonds. The van der Waals surface area contributed by atoms with Gasteiger partial charge in [-0.25, -0.2) is 4.79 Å². The average Bonchev–Trinajstić information content (AvgIpc) is 2.29. The minimum atomic E-state index is -0.507. The summed E-state index contributed by atoms with van der Waals surface area (Å²) in [6, 6.07) is -0.0660. The maximum absolute atomic E-state index is 11.6. The smallest absolute Gasteiger partial charge is 0.407 e. The quantitative estimate of drug-likeness (QED) is 0.791. The standard InChI is InChI=1S/C13H23NO5/c1-13(2,3)19-12(16)14-9-5-6-10(18-8-9)7-11(15)17-4/h9-10H,5-8H2,1-4H3,(H,14,16)/t9-,10+/m1/s1. The predicted octanol–water partition coefficient (Wildman–Crippen LogP) is 1.62. The molecule has 19 heavy (non-hydrogen) atoms. The summed E-state index contributed by atoms with van der Waals surface area (Å²) < 4.78 is 15.3. The second-order valence-electron chi connectivity index (χ2n) is 5.66. The number of ether oxygens (including phenoxy) is 3. The van der Waals surface area contributed by atoms with Gasteiger partial charge < -0.3 is 19.5 Å². The summed E-state index contributed by atoms with van der Waals surface area (Å²) in [4.78, 5) is 22.7. The molecule has 0 unspecified atom stereocenters. The number of methoxy groups -OCH3 is 1. The van der Waals surface area contributed by atoms with Gasteiger partial charge in [-0.2, -0.15) is 0 Å². The Hall–Kier alpha value is -1.30. The van der Waals surface area contributed by atoms with Crippen LogP contribution in [0.5, 0.6) is 0 Å². The van der Waals surface area contributed by atoms with Gasteiger partial charge in [0.15, 0.2) is 0 Å². The number of esters is 1. The van der Waals surface area contributed by atoms with Gasteiger partial charge >= 0.3 is 12.1 Å². The molecular formula is C13H23NO5. The molecule has 0 spiro atoms. The lowest BCUT2D eigenvalue weighted by molar-refractivity contribution is -0.145. The van der Waals surface area contributed by atoms with E-state index in [0.29, 0.717) is 6.61 Å². The number of hydrogen-bond acceptors (Lipinski definition) is 5. The molecule has 0 aromatic carbocycles. The number of alkyl carbamates (subject to hydrolysis) is 1. The zero-order valence-corrected chi connectivity index (χ0v) is 12.0. The van der Waals surface area contributed by atoms with Gasteiger partial charge in [0.1, 0.15) is 5.60 Å². The topological polar surface area (TPSA) is 73.9 Å². The van der Waals surface area contributed by atoms with Gasteiger partial charge in [0, 0.05) is 0 Å². The van der Waals surface area contributed by atoms with E-state index >= 15 is 0 Å². The van der Waals surface area contributed by atoms with Crippen LogP contribution in [0.15, 0.2) is 0 Å². The van der Waals surface area contributed by atoms with Crippen molar-refractivity contribution in [1.29, 1.82) is 0 Å². The first kappa shape index (κ1) is 15.8. The van der Waals surface area contributed by atoms with Crippen molar-refractivity contribution >= 4 is 12.1 Å². The number of carbonyl (C=O) groups is 2. The largest absolute Gasteiger partial charge is 0.469 e. The summed E-state index contributed by atoms with van der Waals surface area (Å²) in [5.41, 5.74) is -0.507. The molecule has 1 aliphatic heterocycles. The van der Waals surface area contributed by atoms with Gasteiger partial charge in [-0.15, -0.1) is 0 Å². The van der Waals surface area contributed by atoms with Gasteiger partial charge in [-0.05, 0) is 33.6 Å². The molecule has 1 N–H and O–H groups in total. The second-order valence-corrected chi connectivity index (χ2v) is 5.66. The Kier molecular flexibility index (Phi) is 5.60. The van der Waals surface area contributed by atoms with Crippen LogP contribution >= 0.6 is 0 Å². The van der Waals surface area contributed by atoms with Crippen molar-refractivity contribution in [2.75, 3.05) is 13.7 Å². The molecule has 110 valence electrons. The van der Waals surface area contributed by atoms with E-state index in [4.69, 9.17) is 9.47 Å². The number of amides is 1. The van der Waals surface area contributed by atoms with Crippen molar-refractivity contribution in [3.63, 3.8) is 0 Å². The minimum absolute atomic E-state index is 0.0660. The first-order valence-corrected chi connectivity index (χ1v) is 6.48. The summed E-state index contributed by atoms with van der Waals surface area (Å²) in [5, 5.41) is 2.76. The van der Waals surface area contributed by atoms with Crippen molar-refractivity contribution in [2.24, 2.45) is 0 Å². The lowest BCUT2D eigenvalue weighted by atomic mass is 10.0. The van der Waals surface area contributed by atoms with Crippen LogP contribution in [0.4, 0.5) is 4.79 Å². The van der Waals surface area contributed by atoms with Crippen molar-refractivity contribution < 1.29 is 23.8 Å². The number of hydrogen-bond donors (Lipinski definition) is 1. The monoisotopic (exact) mass is 273 g/mol. The van der Waals surface area contributed by atoms with Gasteiger partial charge in [0.05, 0.1) is 32.3 Å². The van der Waals surface area contributed by atoms with Crippen LogP contribution in [0.1, 0.15) is 40.0 Å². The summed E-state index contributed by atoms with van der Waals surface area (Å²) in [5.74, 6) is -0.274. The zero-order valence-electron chi connectivity index (χ0n) is 12.0. The van der Waals surface area contributed by atoms with E-state index in [-0.39, 0.29) is 24.5 Å². The van der Waals surface area contributed by atoms with E-state index in [1.54, 1.807) is 0 Å².